The van der Waals surface area contributed by atoms with Crippen LogP contribution in [0.1, 0.15) is 34.0 Å². The molecule has 13 heteroatoms. The number of rotatable bonds is 6. The summed E-state index contributed by atoms with van der Waals surface area (Å²) in [5, 5.41) is 7.80. The number of halogens is 1. The lowest BCUT2D eigenvalue weighted by Crippen LogP contribution is -2.47. The van der Waals surface area contributed by atoms with Gasteiger partial charge in [-0.15, -0.1) is 0 Å². The zero-order chi connectivity index (χ0) is 28.3. The number of hydrogen-bond donors (Lipinski definition) is 2. The van der Waals surface area contributed by atoms with Gasteiger partial charge in [0.15, 0.2) is 5.69 Å². The van der Waals surface area contributed by atoms with Gasteiger partial charge in [-0.05, 0) is 72.7 Å². The first-order chi connectivity index (χ1) is 19.1. The number of carbonyl (C=O) groups is 3. The van der Waals surface area contributed by atoms with E-state index in [0.717, 1.165) is 12.0 Å². The third kappa shape index (κ3) is 4.59. The van der Waals surface area contributed by atoms with E-state index in [4.69, 9.17) is 5.73 Å². The monoisotopic (exact) mass is 603 g/mol. The van der Waals surface area contributed by atoms with Gasteiger partial charge in [-0.3, -0.25) is 24.0 Å². The number of piperidine rings is 1. The maximum atomic E-state index is 13.6. The fourth-order valence-corrected chi connectivity index (χ4v) is 5.77. The van der Waals surface area contributed by atoms with E-state index in [9.17, 15) is 14.4 Å². The Morgan fingerprint density at radius 2 is 1.88 bits per heavy atom. The maximum absolute atomic E-state index is 13.6. The van der Waals surface area contributed by atoms with Crippen molar-refractivity contribution in [2.75, 3.05) is 11.9 Å². The highest BCUT2D eigenvalue weighted by Crippen LogP contribution is 2.50. The number of carbonyl (C=O) groups excluding carboxylic acids is 3. The molecule has 40 heavy (non-hydrogen) atoms. The van der Waals surface area contributed by atoms with Gasteiger partial charge in [-0.2, -0.15) is 5.10 Å². The van der Waals surface area contributed by atoms with Crippen LogP contribution in [0.15, 0.2) is 35.2 Å². The number of aryl methyl sites for hydroxylation is 3. The van der Waals surface area contributed by atoms with Crippen LogP contribution in [0, 0.1) is 32.6 Å². The fraction of sp³-hybridized carbons (Fsp3) is 0.333. The average molecular weight is 604 g/mol. The average Bonchev–Trinajstić information content (AvgIpc) is 3.40. The highest BCUT2D eigenvalue weighted by molar-refractivity contribution is 9.10. The van der Waals surface area contributed by atoms with Gasteiger partial charge < -0.3 is 16.0 Å². The van der Waals surface area contributed by atoms with Gasteiger partial charge in [0, 0.05) is 29.9 Å². The van der Waals surface area contributed by atoms with Crippen molar-refractivity contribution in [3.63, 3.8) is 0 Å². The largest absolute Gasteiger partial charge is 0.364 e. The number of amides is 3. The minimum absolute atomic E-state index is 0.0392. The summed E-state index contributed by atoms with van der Waals surface area (Å²) in [5.41, 5.74) is 8.86. The molecule has 0 bridgehead atoms. The Kier molecular flexibility index (Phi) is 6.32. The molecule has 4 aromatic heterocycles. The third-order valence-electron chi connectivity index (χ3n) is 7.54. The van der Waals surface area contributed by atoms with Crippen LogP contribution in [0.3, 0.4) is 0 Å². The Bertz CT molecular complexity index is 1700. The van der Waals surface area contributed by atoms with E-state index >= 15 is 0 Å². The molecule has 0 unspecified atom stereocenters. The van der Waals surface area contributed by atoms with E-state index in [1.54, 1.807) is 43.3 Å². The lowest BCUT2D eigenvalue weighted by atomic mass is 10.1. The van der Waals surface area contributed by atoms with Crippen LogP contribution >= 0.6 is 15.9 Å². The first-order valence-corrected chi connectivity index (χ1v) is 13.6. The van der Waals surface area contributed by atoms with Crippen LogP contribution in [-0.2, 0) is 16.1 Å². The van der Waals surface area contributed by atoms with E-state index in [-0.39, 0.29) is 35.9 Å². The predicted octanol–water partition coefficient (Wildman–Crippen LogP) is 2.56. The zero-order valence-corrected chi connectivity index (χ0v) is 23.6. The van der Waals surface area contributed by atoms with Gasteiger partial charge in [0.05, 0.1) is 16.9 Å². The Balaban J connectivity index is 1.30. The Labute approximate surface area is 237 Å². The molecule has 12 nitrogen and oxygen atoms in total. The lowest BCUT2D eigenvalue weighted by molar-refractivity contribution is -0.138. The van der Waals surface area contributed by atoms with Crippen LogP contribution in [-0.4, -0.2) is 64.9 Å². The smallest absolute Gasteiger partial charge is 0.269 e. The molecule has 0 spiro atoms. The molecule has 5 heterocycles. The second-order valence-corrected chi connectivity index (χ2v) is 11.1. The topological polar surface area (TPSA) is 162 Å². The van der Waals surface area contributed by atoms with Crippen LogP contribution in [0.5, 0.6) is 0 Å². The number of nitrogens with two attached hydrogens (primary N) is 1. The molecule has 0 aromatic carbocycles. The molecular weight excluding hydrogens is 578 g/mol. The summed E-state index contributed by atoms with van der Waals surface area (Å²) in [6, 6.07) is 4.76. The molecule has 1 aliphatic carbocycles. The number of nitrogens with one attached hydrogen (secondary N) is 1. The Hall–Kier alpha value is -4.26. The summed E-state index contributed by atoms with van der Waals surface area (Å²) >= 11 is 3.34. The number of fused-ring (bicyclic) bond motifs is 2. The fourth-order valence-electron chi connectivity index (χ4n) is 5.46. The highest BCUT2D eigenvalue weighted by Gasteiger charge is 2.56. The molecule has 1 saturated heterocycles. The standard InChI is InChI=1S/C27H26BrN9O3/c1-12-4-5-20(28)33-26(12)34-27(40)24-17-6-15(17)10-36(24)21(38)11-37-23-13(2)32-19(16-8-30-14(3)31-9-16)7-18(23)22(35-37)25(29)39/h4-5,7-9,15,17,24H,6,10-11H2,1-3H3,(H2,29,39)(H,33,34,40)/t15-,17-,24+/m1/s1. The SMILES string of the molecule is Cc1ncc(-c2cc3c(C(N)=O)nn(CC(=O)N4C[C@H]5C[C@H]5[C@H]4C(=O)Nc4nc(Br)ccc4C)c3c(C)n2)cn1. The molecule has 3 amide bonds. The van der Waals surface area contributed by atoms with Crippen molar-refractivity contribution < 1.29 is 14.4 Å². The molecule has 0 radical (unpaired) electrons. The van der Waals surface area contributed by atoms with Gasteiger partial charge in [-0.1, -0.05) is 6.07 Å². The summed E-state index contributed by atoms with van der Waals surface area (Å²) in [7, 11) is 0. The molecule has 1 aliphatic heterocycles. The van der Waals surface area contributed by atoms with Gasteiger partial charge in [0.1, 0.15) is 28.8 Å². The second kappa shape index (κ2) is 9.73. The van der Waals surface area contributed by atoms with Crippen LogP contribution < -0.4 is 11.1 Å². The number of hydrogen-bond acceptors (Lipinski definition) is 8. The molecule has 3 atom stereocenters. The van der Waals surface area contributed by atoms with E-state index in [1.807, 2.05) is 13.0 Å². The van der Waals surface area contributed by atoms with Gasteiger partial charge in [0.25, 0.3) is 5.91 Å². The van der Waals surface area contributed by atoms with Crippen molar-refractivity contribution in [2.24, 2.45) is 17.6 Å². The minimum atomic E-state index is -0.718. The summed E-state index contributed by atoms with van der Waals surface area (Å²) in [4.78, 5) is 58.4. The van der Waals surface area contributed by atoms with E-state index < -0.39 is 11.9 Å². The molecule has 6 rings (SSSR count). The number of pyridine rings is 2. The van der Waals surface area contributed by atoms with Crippen molar-refractivity contribution >= 4 is 50.4 Å². The van der Waals surface area contributed by atoms with Gasteiger partial charge in [-0.25, -0.2) is 15.0 Å². The van der Waals surface area contributed by atoms with Gasteiger partial charge in [0.2, 0.25) is 11.8 Å². The van der Waals surface area contributed by atoms with Crippen molar-refractivity contribution in [3.05, 3.63) is 58.0 Å². The molecule has 2 aliphatic rings. The number of aromatic nitrogens is 6. The number of primary amides is 1. The van der Waals surface area contributed by atoms with E-state index in [1.165, 1.54) is 4.68 Å². The second-order valence-electron chi connectivity index (χ2n) is 10.3. The van der Waals surface area contributed by atoms with E-state index in [2.05, 4.69) is 46.3 Å². The number of nitrogens with zero attached hydrogens (tertiary/aromatic N) is 7. The Morgan fingerprint density at radius 1 is 1.12 bits per heavy atom. The minimum Gasteiger partial charge on any atom is -0.364 e. The zero-order valence-electron chi connectivity index (χ0n) is 22.1. The van der Waals surface area contributed by atoms with Crippen molar-refractivity contribution in [1.29, 1.82) is 0 Å². The summed E-state index contributed by atoms with van der Waals surface area (Å²) in [6.45, 7) is 5.75. The molecule has 1 saturated carbocycles. The van der Waals surface area contributed by atoms with Gasteiger partial charge >= 0.3 is 0 Å². The lowest BCUT2D eigenvalue weighted by Gasteiger charge is -2.27. The number of likely N-dealkylation sites (tertiary alicyclic amines) is 1. The Morgan fingerprint density at radius 3 is 2.60 bits per heavy atom. The third-order valence-corrected chi connectivity index (χ3v) is 7.98. The first kappa shape index (κ1) is 26.0. The van der Waals surface area contributed by atoms with Crippen molar-refractivity contribution in [3.8, 4) is 11.3 Å². The van der Waals surface area contributed by atoms with Crippen LogP contribution in [0.2, 0.25) is 0 Å². The first-order valence-electron chi connectivity index (χ1n) is 12.8. The summed E-state index contributed by atoms with van der Waals surface area (Å²) < 4.78 is 2.06. The van der Waals surface area contributed by atoms with E-state index in [0.29, 0.717) is 50.6 Å². The summed E-state index contributed by atoms with van der Waals surface area (Å²) in [5.74, 6) is 0.213. The molecule has 3 N–H and O–H groups in total. The quantitative estimate of drug-likeness (QED) is 0.318. The highest BCUT2D eigenvalue weighted by atomic mass is 79.9. The normalized spacial score (nSPS) is 19.5. The molecular formula is C27H26BrN9O3. The molecule has 204 valence electrons. The van der Waals surface area contributed by atoms with Crippen LogP contribution in [0.4, 0.5) is 5.82 Å². The predicted molar refractivity (Wildman–Crippen MR) is 149 cm³/mol. The maximum Gasteiger partial charge on any atom is 0.269 e. The van der Waals surface area contributed by atoms with Crippen molar-refractivity contribution in [1.82, 2.24) is 34.6 Å². The molecule has 4 aromatic rings. The van der Waals surface area contributed by atoms with Crippen molar-refractivity contribution in [2.45, 2.75) is 39.8 Å². The number of anilines is 1. The summed E-state index contributed by atoms with van der Waals surface area (Å²) in [6.07, 6.45) is 4.21. The van der Waals surface area contributed by atoms with Crippen LogP contribution in [0.25, 0.3) is 22.2 Å². The molecule has 2 fully saturated rings.